The molecule has 0 amide bonds. The number of hydrogen-bond donors (Lipinski definition) is 0. The lowest BCUT2D eigenvalue weighted by molar-refractivity contribution is 1.13. The first kappa shape index (κ1) is 9.33. The van der Waals surface area contributed by atoms with Crippen LogP contribution in [0.2, 0.25) is 13.1 Å². The second-order valence-corrected chi connectivity index (χ2v) is 6.62. The number of hydrogen-bond acceptors (Lipinski definition) is 1. The zero-order valence-electron chi connectivity index (χ0n) is 8.33. The zero-order chi connectivity index (χ0) is 9.14. The van der Waals surface area contributed by atoms with E-state index >= 15 is 0 Å². The predicted molar refractivity (Wildman–Crippen MR) is 59.3 cm³/mol. The van der Waals surface area contributed by atoms with Crippen LogP contribution in [0.3, 0.4) is 0 Å². The first-order valence-electron chi connectivity index (χ1n) is 4.38. The molecule has 0 saturated heterocycles. The van der Waals surface area contributed by atoms with Crippen molar-refractivity contribution in [1.29, 1.82) is 0 Å². The van der Waals surface area contributed by atoms with Crippen molar-refractivity contribution in [3.63, 3.8) is 0 Å². The lowest BCUT2D eigenvalue weighted by Crippen LogP contribution is -2.23. The highest BCUT2D eigenvalue weighted by Crippen LogP contribution is 2.07. The van der Waals surface area contributed by atoms with E-state index in [4.69, 9.17) is 0 Å². The van der Waals surface area contributed by atoms with Gasteiger partial charge in [-0.2, -0.15) is 0 Å². The number of benzene rings is 1. The average Bonchev–Trinajstić information content (AvgIpc) is 2.04. The first-order chi connectivity index (χ1) is 5.61. The van der Waals surface area contributed by atoms with E-state index in [1.807, 2.05) is 0 Å². The molecule has 0 saturated carbocycles. The van der Waals surface area contributed by atoms with Gasteiger partial charge in [-0.1, -0.05) is 30.4 Å². The second-order valence-electron chi connectivity index (χ2n) is 3.64. The van der Waals surface area contributed by atoms with Gasteiger partial charge in [0.1, 0.15) is 0 Å². The van der Waals surface area contributed by atoms with E-state index in [-0.39, 0.29) is 0 Å². The Labute approximate surface area is 76.6 Å². The van der Waals surface area contributed by atoms with Gasteiger partial charge in [0.05, 0.1) is 8.80 Å². The number of anilines is 1. The monoisotopic (exact) mass is 179 g/mol. The zero-order valence-corrected chi connectivity index (χ0v) is 9.49. The van der Waals surface area contributed by atoms with E-state index in [1.54, 1.807) is 5.19 Å². The summed E-state index contributed by atoms with van der Waals surface area (Å²) in [6, 6.07) is 8.85. The van der Waals surface area contributed by atoms with Gasteiger partial charge in [-0.05, 0) is 12.1 Å². The van der Waals surface area contributed by atoms with Crippen molar-refractivity contribution < 1.29 is 0 Å². The van der Waals surface area contributed by atoms with Crippen LogP contribution in [0.4, 0.5) is 5.69 Å². The highest BCUT2D eigenvalue weighted by molar-refractivity contribution is 6.70. The highest BCUT2D eigenvalue weighted by Gasteiger charge is 2.01. The third-order valence-corrected chi connectivity index (χ3v) is 3.75. The van der Waals surface area contributed by atoms with Crippen LogP contribution in [0.5, 0.6) is 0 Å². The van der Waals surface area contributed by atoms with Crippen LogP contribution in [-0.4, -0.2) is 22.9 Å². The third-order valence-electron chi connectivity index (χ3n) is 2.05. The fraction of sp³-hybridized carbons (Fsp3) is 0.400. The van der Waals surface area contributed by atoms with Crippen molar-refractivity contribution in [2.75, 3.05) is 19.0 Å². The first-order valence-corrected chi connectivity index (χ1v) is 7.27. The summed E-state index contributed by atoms with van der Waals surface area (Å²) in [5.41, 5.74) is 1.31. The van der Waals surface area contributed by atoms with Crippen molar-refractivity contribution in [2.24, 2.45) is 0 Å². The molecule has 1 rings (SSSR count). The van der Waals surface area contributed by atoms with E-state index in [1.165, 1.54) is 5.69 Å². The van der Waals surface area contributed by atoms with Crippen LogP contribution in [0.1, 0.15) is 0 Å². The third kappa shape index (κ3) is 2.11. The molecule has 0 spiro atoms. The number of nitrogens with zero attached hydrogens (tertiary/aromatic N) is 1. The average molecular weight is 179 g/mol. The van der Waals surface area contributed by atoms with E-state index in [2.05, 4.69) is 56.4 Å². The molecule has 0 unspecified atom stereocenters. The molecule has 0 aliphatic heterocycles. The lowest BCUT2D eigenvalue weighted by atomic mass is 10.3. The van der Waals surface area contributed by atoms with Gasteiger partial charge in [0, 0.05) is 19.8 Å². The largest absolute Gasteiger partial charge is 0.378 e. The molecule has 0 aromatic heterocycles. The molecule has 1 aromatic rings. The molecule has 0 radical (unpaired) electrons. The van der Waals surface area contributed by atoms with Gasteiger partial charge in [0.2, 0.25) is 0 Å². The van der Waals surface area contributed by atoms with Gasteiger partial charge in [-0.3, -0.25) is 0 Å². The van der Waals surface area contributed by atoms with E-state index in [0.717, 1.165) is 0 Å². The van der Waals surface area contributed by atoms with Gasteiger partial charge in [0.15, 0.2) is 0 Å². The normalized spacial score (nSPS) is 10.4. The molecular weight excluding hydrogens is 162 g/mol. The lowest BCUT2D eigenvalue weighted by Gasteiger charge is -2.14. The van der Waals surface area contributed by atoms with Crippen molar-refractivity contribution in [3.05, 3.63) is 24.3 Å². The van der Waals surface area contributed by atoms with Gasteiger partial charge in [-0.15, -0.1) is 0 Å². The Kier molecular flexibility index (Phi) is 2.92. The van der Waals surface area contributed by atoms with Crippen LogP contribution >= 0.6 is 0 Å². The Balaban J connectivity index is 2.96. The molecule has 0 aliphatic carbocycles. The molecule has 0 heterocycles. The topological polar surface area (TPSA) is 3.24 Å². The van der Waals surface area contributed by atoms with Crippen molar-refractivity contribution >= 4 is 19.7 Å². The van der Waals surface area contributed by atoms with Gasteiger partial charge >= 0.3 is 0 Å². The van der Waals surface area contributed by atoms with Gasteiger partial charge in [-0.25, -0.2) is 0 Å². The van der Waals surface area contributed by atoms with Crippen molar-refractivity contribution in [3.8, 4) is 0 Å². The van der Waals surface area contributed by atoms with Crippen molar-refractivity contribution in [2.45, 2.75) is 13.1 Å². The van der Waals surface area contributed by atoms with Gasteiger partial charge in [0.25, 0.3) is 0 Å². The maximum absolute atomic E-state index is 2.36. The van der Waals surface area contributed by atoms with Gasteiger partial charge < -0.3 is 4.90 Å². The Morgan fingerprint density at radius 1 is 1.17 bits per heavy atom. The summed E-state index contributed by atoms with van der Waals surface area (Å²) < 4.78 is 0. The minimum absolute atomic E-state index is 0.625. The Morgan fingerprint density at radius 2 is 1.83 bits per heavy atom. The maximum atomic E-state index is 2.36. The summed E-state index contributed by atoms with van der Waals surface area (Å²) in [7, 11) is 3.54. The standard InChI is InChI=1S/C10H17NSi/c1-11(2)9-6-5-7-10(8-9)12(3)4/h5-8,12H,1-4H3. The fourth-order valence-corrected chi connectivity index (χ4v) is 2.16. The molecular formula is C10H17NSi. The summed E-state index contributed by atoms with van der Waals surface area (Å²) in [6.07, 6.45) is 0. The maximum Gasteiger partial charge on any atom is 0.0648 e. The summed E-state index contributed by atoms with van der Waals surface area (Å²) in [5, 5.41) is 1.54. The second kappa shape index (κ2) is 3.76. The molecule has 0 fully saturated rings. The summed E-state index contributed by atoms with van der Waals surface area (Å²) in [6.45, 7) is 4.71. The van der Waals surface area contributed by atoms with Crippen LogP contribution in [0.25, 0.3) is 0 Å². The van der Waals surface area contributed by atoms with Crippen molar-refractivity contribution in [1.82, 2.24) is 0 Å². The molecule has 1 nitrogen and oxygen atoms in total. The minimum atomic E-state index is -0.625. The summed E-state index contributed by atoms with van der Waals surface area (Å²) in [4.78, 5) is 2.15. The smallest absolute Gasteiger partial charge is 0.0648 e. The molecule has 12 heavy (non-hydrogen) atoms. The molecule has 1 aromatic carbocycles. The number of rotatable bonds is 2. The van der Waals surface area contributed by atoms with E-state index in [9.17, 15) is 0 Å². The summed E-state index contributed by atoms with van der Waals surface area (Å²) >= 11 is 0. The Bertz CT molecular complexity index is 233. The predicted octanol–water partition coefficient (Wildman–Crippen LogP) is 1.45. The van der Waals surface area contributed by atoms with Crippen LogP contribution in [0, 0.1) is 0 Å². The fourth-order valence-electron chi connectivity index (χ4n) is 1.16. The molecule has 0 aliphatic rings. The Morgan fingerprint density at radius 3 is 2.33 bits per heavy atom. The Hall–Kier alpha value is -0.763. The quantitative estimate of drug-likeness (QED) is 0.621. The summed E-state index contributed by atoms with van der Waals surface area (Å²) in [5.74, 6) is 0. The molecule has 0 N–H and O–H groups in total. The van der Waals surface area contributed by atoms with E-state index in [0.29, 0.717) is 0 Å². The molecule has 2 heteroatoms. The van der Waals surface area contributed by atoms with Crippen LogP contribution in [0.15, 0.2) is 24.3 Å². The molecule has 0 atom stereocenters. The molecule has 66 valence electrons. The van der Waals surface area contributed by atoms with Crippen LogP contribution < -0.4 is 10.1 Å². The highest BCUT2D eigenvalue weighted by atomic mass is 28.3. The SMILES string of the molecule is CN(C)c1cccc([SiH](C)C)c1. The minimum Gasteiger partial charge on any atom is -0.378 e. The van der Waals surface area contributed by atoms with Crippen LogP contribution in [-0.2, 0) is 0 Å². The van der Waals surface area contributed by atoms with E-state index < -0.39 is 8.80 Å². The molecule has 0 bridgehead atoms.